The first-order valence-electron chi connectivity index (χ1n) is 5.02. The highest BCUT2D eigenvalue weighted by molar-refractivity contribution is 7.89. The lowest BCUT2D eigenvalue weighted by Gasteiger charge is -2.06. The zero-order chi connectivity index (χ0) is 13.8. The third-order valence-corrected chi connectivity index (χ3v) is 2.51. The van der Waals surface area contributed by atoms with Gasteiger partial charge < -0.3 is 4.74 Å². The lowest BCUT2D eigenvalue weighted by atomic mass is 10.1. The summed E-state index contributed by atoms with van der Waals surface area (Å²) in [5, 5.41) is 0. The Morgan fingerprint density at radius 3 is 2.56 bits per heavy atom. The summed E-state index contributed by atoms with van der Waals surface area (Å²) in [5.41, 5.74) is 0.455. The molecular formula is C11H13NO5S. The Labute approximate surface area is 105 Å². The average Bonchev–Trinajstić information content (AvgIpc) is 2.24. The van der Waals surface area contributed by atoms with Crippen molar-refractivity contribution >= 4 is 21.7 Å². The van der Waals surface area contributed by atoms with Gasteiger partial charge in [0, 0.05) is 5.56 Å². The van der Waals surface area contributed by atoms with Gasteiger partial charge in [-0.15, -0.1) is 0 Å². The van der Waals surface area contributed by atoms with Crippen LogP contribution in [0.25, 0.3) is 0 Å². The van der Waals surface area contributed by atoms with Crippen LogP contribution in [0, 0.1) is 0 Å². The van der Waals surface area contributed by atoms with Gasteiger partial charge in [-0.1, -0.05) is 12.1 Å². The molecule has 0 atom stereocenters. The summed E-state index contributed by atoms with van der Waals surface area (Å²) in [7, 11) is -3.58. The number of nitrogens with one attached hydrogen (secondary N) is 1. The third kappa shape index (κ3) is 4.96. The van der Waals surface area contributed by atoms with Crippen LogP contribution in [0.1, 0.15) is 17.3 Å². The second-order valence-electron chi connectivity index (χ2n) is 3.67. The van der Waals surface area contributed by atoms with Gasteiger partial charge in [-0.3, -0.25) is 14.3 Å². The lowest BCUT2D eigenvalue weighted by molar-refractivity contribution is -0.121. The van der Waals surface area contributed by atoms with Gasteiger partial charge in [-0.2, -0.15) is 0 Å². The molecule has 0 bridgehead atoms. The monoisotopic (exact) mass is 271 g/mol. The average molecular weight is 271 g/mol. The molecule has 0 saturated carbocycles. The van der Waals surface area contributed by atoms with E-state index >= 15 is 0 Å². The number of rotatable bonds is 5. The molecule has 98 valence electrons. The fourth-order valence-electron chi connectivity index (χ4n) is 1.19. The topological polar surface area (TPSA) is 89.5 Å². The highest BCUT2D eigenvalue weighted by atomic mass is 32.2. The number of ketones is 1. The second-order valence-corrected chi connectivity index (χ2v) is 5.42. The van der Waals surface area contributed by atoms with Gasteiger partial charge in [-0.25, -0.2) is 8.42 Å². The Morgan fingerprint density at radius 2 is 2.00 bits per heavy atom. The molecule has 0 heterocycles. The van der Waals surface area contributed by atoms with E-state index in [-0.39, 0.29) is 5.78 Å². The van der Waals surface area contributed by atoms with E-state index in [9.17, 15) is 18.0 Å². The molecule has 0 aliphatic heterocycles. The van der Waals surface area contributed by atoms with Crippen LogP contribution in [0.5, 0.6) is 5.75 Å². The molecule has 0 spiro atoms. The summed E-state index contributed by atoms with van der Waals surface area (Å²) in [4.78, 5) is 22.3. The van der Waals surface area contributed by atoms with Crippen molar-refractivity contribution in [2.24, 2.45) is 0 Å². The van der Waals surface area contributed by atoms with Crippen molar-refractivity contribution in [3.8, 4) is 5.75 Å². The summed E-state index contributed by atoms with van der Waals surface area (Å²) in [5.74, 6) is -0.571. The van der Waals surface area contributed by atoms with Crippen LogP contribution in [-0.2, 0) is 14.8 Å². The molecule has 6 nitrogen and oxygen atoms in total. The van der Waals surface area contributed by atoms with Crippen LogP contribution < -0.4 is 9.46 Å². The SMILES string of the molecule is CC(=O)c1cccc(OCC(=O)NS(C)(=O)=O)c1. The summed E-state index contributed by atoms with van der Waals surface area (Å²) >= 11 is 0. The number of ether oxygens (including phenoxy) is 1. The normalized spacial score (nSPS) is 10.8. The Morgan fingerprint density at radius 1 is 1.33 bits per heavy atom. The quantitative estimate of drug-likeness (QED) is 0.780. The van der Waals surface area contributed by atoms with Gasteiger partial charge in [-0.05, 0) is 19.1 Å². The Kier molecular flexibility index (Phi) is 4.43. The number of sulfonamides is 1. The van der Waals surface area contributed by atoms with Crippen LogP contribution in [-0.4, -0.2) is 33.0 Å². The molecule has 1 aromatic rings. The summed E-state index contributed by atoms with van der Waals surface area (Å²) < 4.78 is 28.4. The van der Waals surface area contributed by atoms with Crippen molar-refractivity contribution in [3.63, 3.8) is 0 Å². The number of carbonyl (C=O) groups is 2. The van der Waals surface area contributed by atoms with Crippen molar-refractivity contribution < 1.29 is 22.7 Å². The first kappa shape index (κ1) is 14.2. The van der Waals surface area contributed by atoms with Crippen LogP contribution in [0.2, 0.25) is 0 Å². The van der Waals surface area contributed by atoms with Crippen LogP contribution in [0.3, 0.4) is 0 Å². The number of carbonyl (C=O) groups excluding carboxylic acids is 2. The first-order chi connectivity index (χ1) is 8.28. The number of hydrogen-bond acceptors (Lipinski definition) is 5. The molecule has 0 aliphatic carbocycles. The fraction of sp³-hybridized carbons (Fsp3) is 0.273. The number of hydrogen-bond donors (Lipinski definition) is 1. The first-order valence-corrected chi connectivity index (χ1v) is 6.91. The van der Waals surface area contributed by atoms with Crippen molar-refractivity contribution in [1.29, 1.82) is 0 Å². The van der Waals surface area contributed by atoms with Crippen LogP contribution in [0.4, 0.5) is 0 Å². The molecular weight excluding hydrogens is 258 g/mol. The number of amides is 1. The summed E-state index contributed by atoms with van der Waals surface area (Å²) in [6.45, 7) is 0.976. The summed E-state index contributed by atoms with van der Waals surface area (Å²) in [6, 6.07) is 6.28. The minimum Gasteiger partial charge on any atom is -0.484 e. The predicted octanol–water partition coefficient (Wildman–Crippen LogP) is 0.344. The Balaban J connectivity index is 2.61. The van der Waals surface area contributed by atoms with Gasteiger partial charge in [0.2, 0.25) is 10.0 Å². The maximum absolute atomic E-state index is 11.2. The molecule has 0 fully saturated rings. The molecule has 1 N–H and O–H groups in total. The number of benzene rings is 1. The molecule has 1 amide bonds. The molecule has 0 radical (unpaired) electrons. The summed E-state index contributed by atoms with van der Waals surface area (Å²) in [6.07, 6.45) is 0.876. The number of Topliss-reactive ketones (excluding diaryl/α,β-unsaturated/α-hetero) is 1. The lowest BCUT2D eigenvalue weighted by Crippen LogP contribution is -2.33. The van der Waals surface area contributed by atoms with Gasteiger partial charge >= 0.3 is 0 Å². The van der Waals surface area contributed by atoms with E-state index in [1.165, 1.54) is 13.0 Å². The molecule has 0 aliphatic rings. The molecule has 0 saturated heterocycles. The van der Waals surface area contributed by atoms with Gasteiger partial charge in [0.05, 0.1) is 6.26 Å². The largest absolute Gasteiger partial charge is 0.484 e. The molecule has 1 aromatic carbocycles. The maximum Gasteiger partial charge on any atom is 0.271 e. The van der Waals surface area contributed by atoms with E-state index in [2.05, 4.69) is 0 Å². The van der Waals surface area contributed by atoms with Crippen molar-refractivity contribution in [2.75, 3.05) is 12.9 Å². The standard InChI is InChI=1S/C11H13NO5S/c1-8(13)9-4-3-5-10(6-9)17-7-11(14)12-18(2,15)16/h3-6H,7H2,1-2H3,(H,12,14). The molecule has 18 heavy (non-hydrogen) atoms. The molecule has 0 aromatic heterocycles. The minimum absolute atomic E-state index is 0.124. The van der Waals surface area contributed by atoms with Crippen molar-refractivity contribution in [3.05, 3.63) is 29.8 Å². The minimum atomic E-state index is -3.58. The molecule has 1 rings (SSSR count). The second kappa shape index (κ2) is 5.63. The van der Waals surface area contributed by atoms with Crippen LogP contribution >= 0.6 is 0 Å². The molecule has 7 heteroatoms. The zero-order valence-electron chi connectivity index (χ0n) is 9.97. The Bertz CT molecular complexity index is 565. The van der Waals surface area contributed by atoms with Gasteiger partial charge in [0.25, 0.3) is 5.91 Å². The van der Waals surface area contributed by atoms with Crippen molar-refractivity contribution in [1.82, 2.24) is 4.72 Å². The fourth-order valence-corrected chi connectivity index (χ4v) is 1.66. The highest BCUT2D eigenvalue weighted by Crippen LogP contribution is 2.13. The van der Waals surface area contributed by atoms with E-state index < -0.39 is 22.5 Å². The van der Waals surface area contributed by atoms with Gasteiger partial charge in [0.1, 0.15) is 5.75 Å². The third-order valence-electron chi connectivity index (χ3n) is 1.91. The smallest absolute Gasteiger partial charge is 0.271 e. The van der Waals surface area contributed by atoms with E-state index in [0.717, 1.165) is 6.26 Å². The van der Waals surface area contributed by atoms with Gasteiger partial charge in [0.15, 0.2) is 12.4 Å². The predicted molar refractivity (Wildman–Crippen MR) is 64.9 cm³/mol. The van der Waals surface area contributed by atoms with E-state index in [1.807, 2.05) is 0 Å². The zero-order valence-corrected chi connectivity index (χ0v) is 10.8. The van der Waals surface area contributed by atoms with Crippen molar-refractivity contribution in [2.45, 2.75) is 6.92 Å². The van der Waals surface area contributed by atoms with E-state index in [4.69, 9.17) is 4.74 Å². The maximum atomic E-state index is 11.2. The van der Waals surface area contributed by atoms with E-state index in [0.29, 0.717) is 11.3 Å². The molecule has 0 unspecified atom stereocenters. The van der Waals surface area contributed by atoms with E-state index in [1.54, 1.807) is 22.9 Å². The highest BCUT2D eigenvalue weighted by Gasteiger charge is 2.09. The van der Waals surface area contributed by atoms with Crippen LogP contribution in [0.15, 0.2) is 24.3 Å². The Hall–Kier alpha value is -1.89.